The summed E-state index contributed by atoms with van der Waals surface area (Å²) in [5, 5.41) is 6.87. The van der Waals surface area contributed by atoms with Crippen LogP contribution in [0.1, 0.15) is 43.8 Å². The van der Waals surface area contributed by atoms with Gasteiger partial charge in [0.05, 0.1) is 10.7 Å². The van der Waals surface area contributed by atoms with Gasteiger partial charge in [0.2, 0.25) is 0 Å². The van der Waals surface area contributed by atoms with Crippen molar-refractivity contribution in [1.82, 2.24) is 10.3 Å². The molecule has 0 saturated carbocycles. The van der Waals surface area contributed by atoms with E-state index in [9.17, 15) is 0 Å². The Bertz CT molecular complexity index is 270. The number of thiazole rings is 1. The van der Waals surface area contributed by atoms with Crippen molar-refractivity contribution in [2.45, 2.75) is 52.5 Å². The molecule has 0 spiro atoms. The molecule has 1 heterocycles. The van der Waals surface area contributed by atoms with Gasteiger partial charge in [-0.2, -0.15) is 0 Å². The Morgan fingerprint density at radius 3 is 2.93 bits per heavy atom. The van der Waals surface area contributed by atoms with Crippen molar-refractivity contribution >= 4 is 11.3 Å². The molecular weight excluding hydrogens is 204 g/mol. The molecule has 3 heteroatoms. The zero-order chi connectivity index (χ0) is 11.1. The molecule has 1 aromatic heterocycles. The van der Waals surface area contributed by atoms with Gasteiger partial charge < -0.3 is 5.32 Å². The van der Waals surface area contributed by atoms with Crippen LogP contribution in [0.2, 0.25) is 0 Å². The monoisotopic (exact) mass is 226 g/mol. The number of hydrogen-bond acceptors (Lipinski definition) is 3. The van der Waals surface area contributed by atoms with E-state index in [2.05, 4.69) is 36.5 Å². The first-order valence-electron chi connectivity index (χ1n) is 5.86. The second-order valence-corrected chi connectivity index (χ2v) is 5.17. The highest BCUT2D eigenvalue weighted by Gasteiger charge is 2.02. The molecule has 0 aliphatic heterocycles. The zero-order valence-corrected chi connectivity index (χ0v) is 10.9. The third-order valence-electron chi connectivity index (χ3n) is 2.48. The van der Waals surface area contributed by atoms with E-state index in [1.165, 1.54) is 30.0 Å². The van der Waals surface area contributed by atoms with Gasteiger partial charge >= 0.3 is 0 Å². The van der Waals surface area contributed by atoms with Crippen LogP contribution in [0.5, 0.6) is 0 Å². The van der Waals surface area contributed by atoms with Gasteiger partial charge in [0, 0.05) is 11.4 Å². The highest BCUT2D eigenvalue weighted by atomic mass is 32.1. The third kappa shape index (κ3) is 5.28. The van der Waals surface area contributed by atoms with Gasteiger partial charge in [0.1, 0.15) is 0 Å². The first-order chi connectivity index (χ1) is 7.22. The molecule has 0 saturated heterocycles. The molecule has 1 unspecified atom stereocenters. The SMILES string of the molecule is CCCNC(C)CCCc1csc(C)n1. The molecule has 1 aromatic rings. The molecule has 15 heavy (non-hydrogen) atoms. The molecular formula is C12H22N2S. The standard InChI is InChI=1S/C12H22N2S/c1-4-8-13-10(2)6-5-7-12-9-15-11(3)14-12/h9-10,13H,4-8H2,1-3H3. The maximum absolute atomic E-state index is 4.47. The van der Waals surface area contributed by atoms with Crippen LogP contribution in [0.3, 0.4) is 0 Å². The molecule has 1 atom stereocenters. The minimum absolute atomic E-state index is 0.643. The lowest BCUT2D eigenvalue weighted by Crippen LogP contribution is -2.26. The Hall–Kier alpha value is -0.410. The summed E-state index contributed by atoms with van der Waals surface area (Å²) < 4.78 is 0. The lowest BCUT2D eigenvalue weighted by molar-refractivity contribution is 0.497. The van der Waals surface area contributed by atoms with E-state index in [0.29, 0.717) is 6.04 Å². The quantitative estimate of drug-likeness (QED) is 0.772. The van der Waals surface area contributed by atoms with Gasteiger partial charge in [0.25, 0.3) is 0 Å². The van der Waals surface area contributed by atoms with E-state index < -0.39 is 0 Å². The van der Waals surface area contributed by atoms with Crippen LogP contribution in [0, 0.1) is 6.92 Å². The van der Waals surface area contributed by atoms with E-state index in [4.69, 9.17) is 0 Å². The van der Waals surface area contributed by atoms with E-state index in [-0.39, 0.29) is 0 Å². The van der Waals surface area contributed by atoms with Crippen molar-refractivity contribution in [3.8, 4) is 0 Å². The topological polar surface area (TPSA) is 24.9 Å². The lowest BCUT2D eigenvalue weighted by Gasteiger charge is -2.11. The van der Waals surface area contributed by atoms with E-state index in [1.807, 2.05) is 0 Å². The number of hydrogen-bond donors (Lipinski definition) is 1. The Morgan fingerprint density at radius 2 is 2.33 bits per heavy atom. The third-order valence-corrected chi connectivity index (χ3v) is 3.30. The van der Waals surface area contributed by atoms with Gasteiger partial charge in [-0.15, -0.1) is 11.3 Å². The second-order valence-electron chi connectivity index (χ2n) is 4.11. The average Bonchev–Trinajstić information content (AvgIpc) is 2.61. The Kier molecular flexibility index (Phi) is 5.88. The van der Waals surface area contributed by atoms with Crippen molar-refractivity contribution in [2.75, 3.05) is 6.54 Å². The molecule has 0 fully saturated rings. The largest absolute Gasteiger partial charge is 0.314 e. The van der Waals surface area contributed by atoms with Gasteiger partial charge in [-0.25, -0.2) is 4.98 Å². The van der Waals surface area contributed by atoms with Crippen LogP contribution < -0.4 is 5.32 Å². The molecule has 0 aromatic carbocycles. The highest BCUT2D eigenvalue weighted by molar-refractivity contribution is 7.09. The van der Waals surface area contributed by atoms with Gasteiger partial charge in [0.15, 0.2) is 0 Å². The zero-order valence-electron chi connectivity index (χ0n) is 10.0. The fraction of sp³-hybridized carbons (Fsp3) is 0.750. The van der Waals surface area contributed by atoms with Crippen molar-refractivity contribution in [3.63, 3.8) is 0 Å². The fourth-order valence-corrected chi connectivity index (χ4v) is 2.25. The van der Waals surface area contributed by atoms with Crippen LogP contribution in [-0.2, 0) is 6.42 Å². The maximum atomic E-state index is 4.47. The van der Waals surface area contributed by atoms with E-state index in [0.717, 1.165) is 13.0 Å². The first kappa shape index (κ1) is 12.7. The van der Waals surface area contributed by atoms with Crippen molar-refractivity contribution < 1.29 is 0 Å². The van der Waals surface area contributed by atoms with Crippen molar-refractivity contribution in [1.29, 1.82) is 0 Å². The molecule has 0 aliphatic rings. The number of nitrogens with zero attached hydrogens (tertiary/aromatic N) is 1. The molecule has 0 radical (unpaired) electrons. The van der Waals surface area contributed by atoms with E-state index in [1.54, 1.807) is 11.3 Å². The molecule has 0 amide bonds. The second kappa shape index (κ2) is 6.96. The minimum atomic E-state index is 0.643. The maximum Gasteiger partial charge on any atom is 0.0897 e. The summed E-state index contributed by atoms with van der Waals surface area (Å²) in [6.07, 6.45) is 4.83. The van der Waals surface area contributed by atoms with Gasteiger partial charge in [-0.3, -0.25) is 0 Å². The van der Waals surface area contributed by atoms with Crippen LogP contribution >= 0.6 is 11.3 Å². The first-order valence-corrected chi connectivity index (χ1v) is 6.74. The Balaban J connectivity index is 2.10. The summed E-state index contributed by atoms with van der Waals surface area (Å²) >= 11 is 1.75. The van der Waals surface area contributed by atoms with E-state index >= 15 is 0 Å². The summed E-state index contributed by atoms with van der Waals surface area (Å²) in [5.41, 5.74) is 1.26. The molecule has 1 rings (SSSR count). The van der Waals surface area contributed by atoms with Crippen LogP contribution in [0.25, 0.3) is 0 Å². The summed E-state index contributed by atoms with van der Waals surface area (Å²) in [5.74, 6) is 0. The molecule has 1 N–H and O–H groups in total. The smallest absolute Gasteiger partial charge is 0.0897 e. The van der Waals surface area contributed by atoms with Crippen molar-refractivity contribution in [2.24, 2.45) is 0 Å². The number of aryl methyl sites for hydroxylation is 2. The predicted molar refractivity (Wildman–Crippen MR) is 67.5 cm³/mol. The normalized spacial score (nSPS) is 13.0. The molecule has 0 bridgehead atoms. The Morgan fingerprint density at radius 1 is 1.53 bits per heavy atom. The van der Waals surface area contributed by atoms with Crippen LogP contribution in [0.4, 0.5) is 0 Å². The van der Waals surface area contributed by atoms with Crippen LogP contribution in [0.15, 0.2) is 5.38 Å². The van der Waals surface area contributed by atoms with Crippen molar-refractivity contribution in [3.05, 3.63) is 16.1 Å². The average molecular weight is 226 g/mol. The fourth-order valence-electron chi connectivity index (χ4n) is 1.61. The van der Waals surface area contributed by atoms with Gasteiger partial charge in [-0.05, 0) is 46.1 Å². The highest BCUT2D eigenvalue weighted by Crippen LogP contribution is 2.11. The van der Waals surface area contributed by atoms with Gasteiger partial charge in [-0.1, -0.05) is 6.92 Å². The summed E-state index contributed by atoms with van der Waals surface area (Å²) in [7, 11) is 0. The number of rotatable bonds is 7. The number of aromatic nitrogens is 1. The minimum Gasteiger partial charge on any atom is -0.314 e. The molecule has 86 valence electrons. The summed E-state index contributed by atoms with van der Waals surface area (Å²) in [4.78, 5) is 4.47. The summed E-state index contributed by atoms with van der Waals surface area (Å²) in [6.45, 7) is 7.68. The molecule has 2 nitrogen and oxygen atoms in total. The Labute approximate surface area is 97.1 Å². The van der Waals surface area contributed by atoms with Crippen LogP contribution in [-0.4, -0.2) is 17.6 Å². The number of nitrogens with one attached hydrogen (secondary N) is 1. The molecule has 0 aliphatic carbocycles. The lowest BCUT2D eigenvalue weighted by atomic mass is 10.1. The predicted octanol–water partition coefficient (Wildman–Crippen LogP) is 3.16. The summed E-state index contributed by atoms with van der Waals surface area (Å²) in [6, 6.07) is 0.643.